The third-order valence-corrected chi connectivity index (χ3v) is 6.48. The van der Waals surface area contributed by atoms with E-state index in [1.54, 1.807) is 30.3 Å². The molecule has 0 saturated heterocycles. The molecule has 7 heteroatoms. The maximum absolute atomic E-state index is 12.7. The van der Waals surface area contributed by atoms with Crippen LogP contribution in [-0.4, -0.2) is 26.6 Å². The third kappa shape index (κ3) is 4.72. The number of fused-ring (bicyclic) bond motifs is 1. The Kier molecular flexibility index (Phi) is 5.69. The van der Waals surface area contributed by atoms with Crippen LogP contribution in [0.4, 0.5) is 11.4 Å². The zero-order chi connectivity index (χ0) is 22.0. The molecule has 0 spiro atoms. The fourth-order valence-electron chi connectivity index (χ4n) is 3.83. The average molecular weight is 437 g/mol. The molecule has 0 aromatic heterocycles. The fourth-order valence-corrected chi connectivity index (χ4v) is 5.09. The van der Waals surface area contributed by atoms with Gasteiger partial charge in [-0.15, -0.1) is 0 Å². The van der Waals surface area contributed by atoms with Gasteiger partial charge in [-0.3, -0.25) is 9.10 Å². The second-order valence-corrected chi connectivity index (χ2v) is 9.57. The Bertz CT molecular complexity index is 1190. The largest absolute Gasteiger partial charge is 0.489 e. The molecule has 0 radical (unpaired) electrons. The molecule has 1 atom stereocenters. The van der Waals surface area contributed by atoms with Crippen LogP contribution in [-0.2, 0) is 23.1 Å². The summed E-state index contributed by atoms with van der Waals surface area (Å²) >= 11 is 0. The molecular weight excluding hydrogens is 412 g/mol. The molecule has 0 fully saturated rings. The van der Waals surface area contributed by atoms with E-state index in [1.807, 2.05) is 49.4 Å². The number of benzene rings is 3. The molecule has 4 rings (SSSR count). The van der Waals surface area contributed by atoms with E-state index in [0.717, 1.165) is 11.1 Å². The number of anilines is 2. The lowest BCUT2D eigenvalue weighted by Gasteiger charge is -2.21. The molecular formula is C24H24N2O4S. The van der Waals surface area contributed by atoms with Gasteiger partial charge in [0.25, 0.3) is 5.91 Å². The summed E-state index contributed by atoms with van der Waals surface area (Å²) in [7, 11) is -3.35. The molecule has 0 bridgehead atoms. The van der Waals surface area contributed by atoms with Crippen molar-refractivity contribution in [2.45, 2.75) is 26.0 Å². The number of hydrogen-bond donors (Lipinski definition) is 1. The summed E-state index contributed by atoms with van der Waals surface area (Å²) < 4.78 is 31.3. The van der Waals surface area contributed by atoms with Gasteiger partial charge in [0.2, 0.25) is 10.0 Å². The summed E-state index contributed by atoms with van der Waals surface area (Å²) in [6.07, 6.45) is 1.78. The standard InChI is InChI=1S/C24H24N2O4S/c1-17-14-20-15-19(8-13-23(20)26(17)31(2,28)29)24(27)25-21-9-11-22(12-10-21)30-16-18-6-4-3-5-7-18/h3-13,15,17H,14,16H2,1-2H3,(H,25,27)/t17-/m0/s1. The predicted octanol–water partition coefficient (Wildman–Crippen LogP) is 4.23. The molecule has 1 heterocycles. The highest BCUT2D eigenvalue weighted by Gasteiger charge is 2.32. The summed E-state index contributed by atoms with van der Waals surface area (Å²) in [6.45, 7) is 2.34. The average Bonchev–Trinajstić information content (AvgIpc) is 3.09. The lowest BCUT2D eigenvalue weighted by Crippen LogP contribution is -2.34. The summed E-state index contributed by atoms with van der Waals surface area (Å²) in [6, 6.07) is 22.1. The molecule has 1 N–H and O–H groups in total. The molecule has 3 aromatic carbocycles. The maximum atomic E-state index is 12.7. The molecule has 0 aliphatic carbocycles. The Morgan fingerprint density at radius 3 is 2.45 bits per heavy atom. The van der Waals surface area contributed by atoms with Gasteiger partial charge in [0.1, 0.15) is 12.4 Å². The van der Waals surface area contributed by atoms with Gasteiger partial charge < -0.3 is 10.1 Å². The van der Waals surface area contributed by atoms with Crippen molar-refractivity contribution in [3.8, 4) is 5.75 Å². The van der Waals surface area contributed by atoms with Crippen LogP contribution in [0, 0.1) is 0 Å². The molecule has 6 nitrogen and oxygen atoms in total. The first kappa shape index (κ1) is 20.9. The Balaban J connectivity index is 1.41. The number of carbonyl (C=O) groups is 1. The van der Waals surface area contributed by atoms with Crippen LogP contribution in [0.5, 0.6) is 5.75 Å². The van der Waals surface area contributed by atoms with Gasteiger partial charge in [0, 0.05) is 17.3 Å². The SMILES string of the molecule is C[C@H]1Cc2cc(C(=O)Nc3ccc(OCc4ccccc4)cc3)ccc2N1S(C)(=O)=O. The first-order chi connectivity index (χ1) is 14.8. The summed E-state index contributed by atoms with van der Waals surface area (Å²) in [5.74, 6) is 0.473. The van der Waals surface area contributed by atoms with Gasteiger partial charge in [-0.2, -0.15) is 0 Å². The minimum absolute atomic E-state index is 0.160. The normalized spacial score (nSPS) is 15.4. The van der Waals surface area contributed by atoms with Crippen LogP contribution in [0.25, 0.3) is 0 Å². The van der Waals surface area contributed by atoms with Crippen molar-refractivity contribution in [1.29, 1.82) is 0 Å². The predicted molar refractivity (Wildman–Crippen MR) is 122 cm³/mol. The molecule has 160 valence electrons. The monoisotopic (exact) mass is 436 g/mol. The van der Waals surface area contributed by atoms with Crippen LogP contribution in [0.1, 0.15) is 28.4 Å². The van der Waals surface area contributed by atoms with Crippen molar-refractivity contribution >= 4 is 27.3 Å². The van der Waals surface area contributed by atoms with E-state index < -0.39 is 10.0 Å². The molecule has 1 amide bonds. The lowest BCUT2D eigenvalue weighted by atomic mass is 10.1. The van der Waals surface area contributed by atoms with Gasteiger partial charge in [-0.25, -0.2) is 8.42 Å². The number of nitrogens with one attached hydrogen (secondary N) is 1. The van der Waals surface area contributed by atoms with E-state index >= 15 is 0 Å². The summed E-state index contributed by atoms with van der Waals surface area (Å²) in [4.78, 5) is 12.7. The Hall–Kier alpha value is -3.32. The highest BCUT2D eigenvalue weighted by atomic mass is 32.2. The van der Waals surface area contributed by atoms with E-state index in [1.165, 1.54) is 10.6 Å². The number of ether oxygens (including phenoxy) is 1. The highest BCUT2D eigenvalue weighted by Crippen LogP contribution is 2.34. The number of carbonyl (C=O) groups excluding carboxylic acids is 1. The first-order valence-electron chi connectivity index (χ1n) is 10.0. The van der Waals surface area contributed by atoms with E-state index in [2.05, 4.69) is 5.32 Å². The zero-order valence-corrected chi connectivity index (χ0v) is 18.2. The zero-order valence-electron chi connectivity index (χ0n) is 17.4. The smallest absolute Gasteiger partial charge is 0.255 e. The van der Waals surface area contributed by atoms with E-state index in [9.17, 15) is 13.2 Å². The van der Waals surface area contributed by atoms with Crippen molar-refractivity contribution in [2.75, 3.05) is 15.9 Å². The van der Waals surface area contributed by atoms with Crippen molar-refractivity contribution in [3.05, 3.63) is 89.5 Å². The molecule has 0 unspecified atom stereocenters. The molecule has 1 aliphatic rings. The number of sulfonamides is 1. The van der Waals surface area contributed by atoms with Crippen LogP contribution in [0.15, 0.2) is 72.8 Å². The number of rotatable bonds is 6. The van der Waals surface area contributed by atoms with Crippen LogP contribution >= 0.6 is 0 Å². The number of nitrogens with zero attached hydrogens (tertiary/aromatic N) is 1. The van der Waals surface area contributed by atoms with Crippen molar-refractivity contribution < 1.29 is 17.9 Å². The minimum Gasteiger partial charge on any atom is -0.489 e. The van der Waals surface area contributed by atoms with Crippen LogP contribution < -0.4 is 14.4 Å². The lowest BCUT2D eigenvalue weighted by molar-refractivity contribution is 0.102. The van der Waals surface area contributed by atoms with E-state index in [0.29, 0.717) is 35.7 Å². The van der Waals surface area contributed by atoms with Gasteiger partial charge in [-0.1, -0.05) is 30.3 Å². The van der Waals surface area contributed by atoms with E-state index in [-0.39, 0.29) is 11.9 Å². The summed E-state index contributed by atoms with van der Waals surface area (Å²) in [5.41, 5.74) is 3.73. The van der Waals surface area contributed by atoms with E-state index in [4.69, 9.17) is 4.74 Å². The van der Waals surface area contributed by atoms with Crippen LogP contribution in [0.3, 0.4) is 0 Å². The van der Waals surface area contributed by atoms with Crippen molar-refractivity contribution in [3.63, 3.8) is 0 Å². The molecule has 1 aliphatic heterocycles. The van der Waals surface area contributed by atoms with Gasteiger partial charge in [0.15, 0.2) is 0 Å². The highest BCUT2D eigenvalue weighted by molar-refractivity contribution is 7.92. The van der Waals surface area contributed by atoms with Crippen LogP contribution in [0.2, 0.25) is 0 Å². The Morgan fingerprint density at radius 1 is 1.06 bits per heavy atom. The Morgan fingerprint density at radius 2 is 1.77 bits per heavy atom. The van der Waals surface area contributed by atoms with Crippen molar-refractivity contribution in [2.24, 2.45) is 0 Å². The van der Waals surface area contributed by atoms with Gasteiger partial charge in [-0.05, 0) is 66.9 Å². The molecule has 31 heavy (non-hydrogen) atoms. The topological polar surface area (TPSA) is 75.7 Å². The van der Waals surface area contributed by atoms with Gasteiger partial charge in [0.05, 0.1) is 11.9 Å². The molecule has 3 aromatic rings. The van der Waals surface area contributed by atoms with Crippen molar-refractivity contribution in [1.82, 2.24) is 0 Å². The Labute approximate surface area is 182 Å². The third-order valence-electron chi connectivity index (χ3n) is 5.21. The second kappa shape index (κ2) is 8.43. The second-order valence-electron chi connectivity index (χ2n) is 7.71. The van der Waals surface area contributed by atoms with Gasteiger partial charge >= 0.3 is 0 Å². The fraction of sp³-hybridized carbons (Fsp3) is 0.208. The molecule has 0 saturated carbocycles. The quantitative estimate of drug-likeness (QED) is 0.628. The first-order valence-corrected chi connectivity index (χ1v) is 11.9. The number of amides is 1. The number of hydrogen-bond acceptors (Lipinski definition) is 4. The minimum atomic E-state index is -3.35. The summed E-state index contributed by atoms with van der Waals surface area (Å²) in [5, 5.41) is 2.88. The maximum Gasteiger partial charge on any atom is 0.255 e.